The van der Waals surface area contributed by atoms with Crippen molar-refractivity contribution in [2.24, 2.45) is 5.92 Å². The maximum atomic E-state index is 12.6. The molecule has 98 valence electrons. The van der Waals surface area contributed by atoms with Gasteiger partial charge in [-0.2, -0.15) is 5.10 Å². The summed E-state index contributed by atoms with van der Waals surface area (Å²) in [6, 6.07) is 1.81. The summed E-state index contributed by atoms with van der Waals surface area (Å²) in [6.45, 7) is 0. The molecule has 2 aliphatic heterocycles. The van der Waals surface area contributed by atoms with Crippen LogP contribution in [0.4, 0.5) is 0 Å². The summed E-state index contributed by atoms with van der Waals surface area (Å²) >= 11 is 0. The van der Waals surface area contributed by atoms with Gasteiger partial charge in [0.15, 0.2) is 11.4 Å². The van der Waals surface area contributed by atoms with Crippen LogP contribution in [0.3, 0.4) is 0 Å². The van der Waals surface area contributed by atoms with E-state index in [1.54, 1.807) is 16.9 Å². The summed E-state index contributed by atoms with van der Waals surface area (Å²) in [5.41, 5.74) is 1.30. The van der Waals surface area contributed by atoms with Crippen molar-refractivity contribution < 1.29 is 9.53 Å². The average molecular weight is 257 g/mol. The van der Waals surface area contributed by atoms with Crippen LogP contribution in [0.5, 0.6) is 0 Å². The Morgan fingerprint density at radius 3 is 2.89 bits per heavy atom. The van der Waals surface area contributed by atoms with E-state index in [1.165, 1.54) is 0 Å². The lowest BCUT2D eigenvalue weighted by atomic mass is 9.89. The number of carbonyl (C=O) groups excluding carboxylic acids is 1. The van der Waals surface area contributed by atoms with Crippen molar-refractivity contribution in [3.63, 3.8) is 0 Å². The third-order valence-corrected chi connectivity index (χ3v) is 4.21. The zero-order valence-corrected chi connectivity index (χ0v) is 10.5. The molecule has 0 radical (unpaired) electrons. The molecule has 0 aliphatic carbocycles. The number of Topliss-reactive ketones (excluding diaryl/α,β-unsaturated/α-hetero) is 1. The standard InChI is InChI=1S/C14H15N3O2/c18-13(9-6-10-2-3-11(7-9)19-10)12-8-16-17-5-1-4-15-14(12)17/h1,4-5,8-11H,2-3,6-7H2. The van der Waals surface area contributed by atoms with E-state index in [9.17, 15) is 4.79 Å². The number of rotatable bonds is 2. The molecular formula is C14H15N3O2. The largest absolute Gasteiger partial charge is 0.375 e. The van der Waals surface area contributed by atoms with Gasteiger partial charge in [-0.25, -0.2) is 9.50 Å². The molecule has 19 heavy (non-hydrogen) atoms. The fourth-order valence-electron chi connectivity index (χ4n) is 3.29. The van der Waals surface area contributed by atoms with Gasteiger partial charge in [0.2, 0.25) is 0 Å². The number of hydrogen-bond acceptors (Lipinski definition) is 4. The molecule has 2 aromatic rings. The zero-order valence-electron chi connectivity index (χ0n) is 10.5. The van der Waals surface area contributed by atoms with Crippen LogP contribution in [0.1, 0.15) is 36.0 Å². The summed E-state index contributed by atoms with van der Waals surface area (Å²) in [4.78, 5) is 16.9. The van der Waals surface area contributed by atoms with Gasteiger partial charge in [-0.15, -0.1) is 0 Å². The van der Waals surface area contributed by atoms with Crippen LogP contribution in [0, 0.1) is 5.92 Å². The van der Waals surface area contributed by atoms with Gasteiger partial charge in [-0.05, 0) is 31.7 Å². The second kappa shape index (κ2) is 4.13. The highest BCUT2D eigenvalue weighted by atomic mass is 16.5. The lowest BCUT2D eigenvalue weighted by Crippen LogP contribution is -2.30. The number of hydrogen-bond donors (Lipinski definition) is 0. The van der Waals surface area contributed by atoms with Gasteiger partial charge < -0.3 is 4.74 Å². The first-order chi connectivity index (χ1) is 9.31. The van der Waals surface area contributed by atoms with Gasteiger partial charge in [-0.3, -0.25) is 4.79 Å². The van der Waals surface area contributed by atoms with E-state index in [-0.39, 0.29) is 23.9 Å². The third-order valence-electron chi connectivity index (χ3n) is 4.21. The van der Waals surface area contributed by atoms with Crippen molar-refractivity contribution in [3.8, 4) is 0 Å². The third kappa shape index (κ3) is 1.76. The Balaban J connectivity index is 1.67. The molecule has 4 rings (SSSR count). The highest BCUT2D eigenvalue weighted by Crippen LogP contribution is 2.37. The summed E-state index contributed by atoms with van der Waals surface area (Å²) in [5, 5.41) is 4.19. The molecule has 0 N–H and O–H groups in total. The molecule has 2 unspecified atom stereocenters. The Morgan fingerprint density at radius 2 is 2.11 bits per heavy atom. The molecule has 5 nitrogen and oxygen atoms in total. The number of carbonyl (C=O) groups is 1. The number of fused-ring (bicyclic) bond motifs is 3. The molecule has 0 spiro atoms. The molecule has 0 amide bonds. The fraction of sp³-hybridized carbons (Fsp3) is 0.500. The monoisotopic (exact) mass is 257 g/mol. The van der Waals surface area contributed by atoms with Gasteiger partial charge in [0.05, 0.1) is 24.0 Å². The molecule has 0 aromatic carbocycles. The van der Waals surface area contributed by atoms with Crippen molar-refractivity contribution >= 4 is 11.4 Å². The topological polar surface area (TPSA) is 56.5 Å². The molecular weight excluding hydrogens is 242 g/mol. The smallest absolute Gasteiger partial charge is 0.171 e. The first-order valence-electron chi connectivity index (χ1n) is 6.79. The van der Waals surface area contributed by atoms with Crippen molar-refractivity contribution in [1.82, 2.24) is 14.6 Å². The number of ether oxygens (including phenoxy) is 1. The van der Waals surface area contributed by atoms with E-state index in [0.29, 0.717) is 11.2 Å². The van der Waals surface area contributed by atoms with E-state index in [4.69, 9.17) is 4.74 Å². The Morgan fingerprint density at radius 1 is 1.32 bits per heavy atom. The predicted octanol–water partition coefficient (Wildman–Crippen LogP) is 1.87. The van der Waals surface area contributed by atoms with E-state index in [2.05, 4.69) is 10.1 Å². The molecule has 4 heterocycles. The van der Waals surface area contributed by atoms with Crippen molar-refractivity contribution in [2.75, 3.05) is 0 Å². The van der Waals surface area contributed by atoms with Crippen molar-refractivity contribution in [3.05, 3.63) is 30.2 Å². The van der Waals surface area contributed by atoms with E-state index < -0.39 is 0 Å². The summed E-state index contributed by atoms with van der Waals surface area (Å²) < 4.78 is 7.45. The van der Waals surface area contributed by atoms with Crippen LogP contribution in [0.2, 0.25) is 0 Å². The highest BCUT2D eigenvalue weighted by Gasteiger charge is 2.38. The number of ketones is 1. The van der Waals surface area contributed by atoms with Crippen LogP contribution < -0.4 is 0 Å². The summed E-state index contributed by atoms with van der Waals surface area (Å²) in [7, 11) is 0. The normalized spacial score (nSPS) is 29.8. The van der Waals surface area contributed by atoms with Crippen LogP contribution >= 0.6 is 0 Å². The number of aromatic nitrogens is 3. The van der Waals surface area contributed by atoms with E-state index >= 15 is 0 Å². The second-order valence-corrected chi connectivity index (χ2v) is 5.44. The van der Waals surface area contributed by atoms with Crippen LogP contribution in [0.15, 0.2) is 24.7 Å². The summed E-state index contributed by atoms with van der Waals surface area (Å²) in [6.07, 6.45) is 9.60. The van der Waals surface area contributed by atoms with Crippen molar-refractivity contribution in [2.45, 2.75) is 37.9 Å². The quantitative estimate of drug-likeness (QED) is 0.771. The predicted molar refractivity (Wildman–Crippen MR) is 67.9 cm³/mol. The molecule has 2 fully saturated rings. The minimum atomic E-state index is 0.0706. The molecule has 2 aliphatic rings. The Hall–Kier alpha value is -1.75. The molecule has 2 bridgehead atoms. The van der Waals surface area contributed by atoms with E-state index in [1.807, 2.05) is 12.3 Å². The van der Waals surface area contributed by atoms with Gasteiger partial charge in [0, 0.05) is 18.3 Å². The summed E-state index contributed by atoms with van der Waals surface area (Å²) in [5.74, 6) is 0.246. The molecule has 0 saturated carbocycles. The first-order valence-corrected chi connectivity index (χ1v) is 6.79. The Bertz CT molecular complexity index is 624. The van der Waals surface area contributed by atoms with Gasteiger partial charge in [0.25, 0.3) is 0 Å². The van der Waals surface area contributed by atoms with Crippen LogP contribution in [-0.2, 0) is 4.74 Å². The van der Waals surface area contributed by atoms with Crippen LogP contribution in [0.25, 0.3) is 5.65 Å². The fourth-order valence-corrected chi connectivity index (χ4v) is 3.29. The van der Waals surface area contributed by atoms with E-state index in [0.717, 1.165) is 25.7 Å². The maximum Gasteiger partial charge on any atom is 0.171 e. The second-order valence-electron chi connectivity index (χ2n) is 5.44. The maximum absolute atomic E-state index is 12.6. The molecule has 5 heteroatoms. The molecule has 2 atom stereocenters. The highest BCUT2D eigenvalue weighted by molar-refractivity contribution is 6.02. The first kappa shape index (κ1) is 11.1. The SMILES string of the molecule is O=C(c1cnn2cccnc12)C1CC2CCC(C1)O2. The van der Waals surface area contributed by atoms with Crippen molar-refractivity contribution in [1.29, 1.82) is 0 Å². The number of nitrogens with zero attached hydrogens (tertiary/aromatic N) is 3. The average Bonchev–Trinajstić information content (AvgIpc) is 3.01. The van der Waals surface area contributed by atoms with Gasteiger partial charge in [-0.1, -0.05) is 0 Å². The molecule has 2 aromatic heterocycles. The zero-order chi connectivity index (χ0) is 12.8. The van der Waals surface area contributed by atoms with Gasteiger partial charge in [0.1, 0.15) is 0 Å². The molecule has 2 saturated heterocycles. The Labute approximate surface area is 110 Å². The van der Waals surface area contributed by atoms with Crippen LogP contribution in [-0.4, -0.2) is 32.6 Å². The van der Waals surface area contributed by atoms with Gasteiger partial charge >= 0.3 is 0 Å². The Kier molecular flexibility index (Phi) is 2.41. The minimum Gasteiger partial charge on any atom is -0.375 e. The minimum absolute atomic E-state index is 0.0706. The lowest BCUT2D eigenvalue weighted by Gasteiger charge is -2.26. The lowest BCUT2D eigenvalue weighted by molar-refractivity contribution is -0.0148.